The van der Waals surface area contributed by atoms with Crippen molar-refractivity contribution in [3.8, 4) is 0 Å². The number of carbonyl (C=O) groups is 1. The van der Waals surface area contributed by atoms with Crippen molar-refractivity contribution in [3.05, 3.63) is 29.8 Å². The number of amides is 1. The van der Waals surface area contributed by atoms with Crippen molar-refractivity contribution in [2.75, 3.05) is 44.2 Å². The first-order valence-electron chi connectivity index (χ1n) is 8.68. The van der Waals surface area contributed by atoms with E-state index >= 15 is 0 Å². The highest BCUT2D eigenvalue weighted by atomic mass is 16.1. The molecule has 2 saturated heterocycles. The molecule has 0 bridgehead atoms. The number of nitrogens with zero attached hydrogens (tertiary/aromatic N) is 2. The second kappa shape index (κ2) is 7.63. The summed E-state index contributed by atoms with van der Waals surface area (Å²) in [6.07, 6.45) is 6.50. The predicted molar refractivity (Wildman–Crippen MR) is 90.5 cm³/mol. The first-order valence-corrected chi connectivity index (χ1v) is 8.68. The van der Waals surface area contributed by atoms with E-state index < -0.39 is 0 Å². The molecule has 1 N–H and O–H groups in total. The van der Waals surface area contributed by atoms with Gasteiger partial charge in [-0.2, -0.15) is 0 Å². The summed E-state index contributed by atoms with van der Waals surface area (Å²) in [6.45, 7) is 6.36. The molecule has 4 nitrogen and oxygen atoms in total. The van der Waals surface area contributed by atoms with Crippen LogP contribution < -0.4 is 10.2 Å². The van der Waals surface area contributed by atoms with Crippen LogP contribution in [0.25, 0.3) is 0 Å². The number of carbonyl (C=O) groups excluding carboxylic acids is 1. The summed E-state index contributed by atoms with van der Waals surface area (Å²) in [7, 11) is 0. The fraction of sp³-hybridized carbons (Fsp3) is 0.611. The maximum Gasteiger partial charge on any atom is 0.251 e. The van der Waals surface area contributed by atoms with E-state index in [-0.39, 0.29) is 5.91 Å². The smallest absolute Gasteiger partial charge is 0.251 e. The Balaban J connectivity index is 1.45. The lowest BCUT2D eigenvalue weighted by molar-refractivity contribution is 0.0946. The highest BCUT2D eigenvalue weighted by Gasteiger charge is 2.13. The lowest BCUT2D eigenvalue weighted by Crippen LogP contribution is -2.37. The molecule has 120 valence electrons. The van der Waals surface area contributed by atoms with Gasteiger partial charge in [-0.3, -0.25) is 4.79 Å². The predicted octanol–water partition coefficient (Wildman–Crippen LogP) is 2.50. The number of hydrogen-bond acceptors (Lipinski definition) is 3. The van der Waals surface area contributed by atoms with E-state index in [9.17, 15) is 4.79 Å². The third-order valence-electron chi connectivity index (χ3n) is 4.76. The van der Waals surface area contributed by atoms with Crippen LogP contribution in [-0.2, 0) is 0 Å². The summed E-state index contributed by atoms with van der Waals surface area (Å²) in [5.74, 6) is 0.0463. The minimum absolute atomic E-state index is 0.0463. The normalized spacial score (nSPS) is 19.4. The summed E-state index contributed by atoms with van der Waals surface area (Å²) in [5, 5.41) is 3.04. The Hall–Kier alpha value is -1.55. The molecular formula is C18H27N3O. The number of hydrogen-bond donors (Lipinski definition) is 1. The van der Waals surface area contributed by atoms with E-state index in [1.807, 2.05) is 12.1 Å². The Morgan fingerprint density at radius 3 is 2.23 bits per heavy atom. The van der Waals surface area contributed by atoms with Gasteiger partial charge in [0, 0.05) is 37.4 Å². The van der Waals surface area contributed by atoms with Crippen LogP contribution in [0.2, 0.25) is 0 Å². The van der Waals surface area contributed by atoms with Gasteiger partial charge in [-0.25, -0.2) is 0 Å². The summed E-state index contributed by atoms with van der Waals surface area (Å²) in [5.41, 5.74) is 2.00. The Kier molecular flexibility index (Phi) is 5.33. The molecule has 2 fully saturated rings. The maximum atomic E-state index is 12.2. The molecule has 2 heterocycles. The van der Waals surface area contributed by atoms with Crippen LogP contribution in [0.3, 0.4) is 0 Å². The highest BCUT2D eigenvalue weighted by molar-refractivity contribution is 5.94. The monoisotopic (exact) mass is 301 g/mol. The van der Waals surface area contributed by atoms with Gasteiger partial charge in [0.15, 0.2) is 0 Å². The van der Waals surface area contributed by atoms with Crippen LogP contribution in [0, 0.1) is 0 Å². The van der Waals surface area contributed by atoms with E-state index in [2.05, 4.69) is 27.2 Å². The van der Waals surface area contributed by atoms with Gasteiger partial charge in [0.25, 0.3) is 5.91 Å². The molecule has 1 aromatic rings. The molecule has 1 aromatic carbocycles. The zero-order valence-corrected chi connectivity index (χ0v) is 13.4. The quantitative estimate of drug-likeness (QED) is 0.907. The van der Waals surface area contributed by atoms with E-state index in [1.54, 1.807) is 0 Å². The fourth-order valence-corrected chi connectivity index (χ4v) is 3.41. The third kappa shape index (κ3) is 4.01. The Bertz CT molecular complexity index is 474. The van der Waals surface area contributed by atoms with Gasteiger partial charge in [-0.1, -0.05) is 6.42 Å². The first kappa shape index (κ1) is 15.3. The Labute approximate surface area is 133 Å². The van der Waals surface area contributed by atoms with Crippen LogP contribution in [-0.4, -0.2) is 50.1 Å². The van der Waals surface area contributed by atoms with Crippen LogP contribution in [0.5, 0.6) is 0 Å². The van der Waals surface area contributed by atoms with Crippen molar-refractivity contribution in [1.82, 2.24) is 10.2 Å². The summed E-state index contributed by atoms with van der Waals surface area (Å²) < 4.78 is 0. The van der Waals surface area contributed by atoms with Crippen molar-refractivity contribution >= 4 is 11.6 Å². The second-order valence-electron chi connectivity index (χ2n) is 6.40. The zero-order valence-electron chi connectivity index (χ0n) is 13.4. The molecular weight excluding hydrogens is 274 g/mol. The van der Waals surface area contributed by atoms with Crippen molar-refractivity contribution in [2.24, 2.45) is 0 Å². The van der Waals surface area contributed by atoms with Gasteiger partial charge < -0.3 is 15.1 Å². The van der Waals surface area contributed by atoms with E-state index in [1.165, 1.54) is 50.9 Å². The van der Waals surface area contributed by atoms with Gasteiger partial charge in [0.1, 0.15) is 0 Å². The van der Waals surface area contributed by atoms with E-state index in [4.69, 9.17) is 0 Å². The standard InChI is InChI=1S/C18H27N3O/c22-18(19-10-15-20-11-2-1-3-12-20)16-6-8-17(9-7-16)21-13-4-5-14-21/h6-9H,1-5,10-15H2,(H,19,22). The summed E-state index contributed by atoms with van der Waals surface area (Å²) >= 11 is 0. The van der Waals surface area contributed by atoms with Gasteiger partial charge >= 0.3 is 0 Å². The van der Waals surface area contributed by atoms with E-state index in [0.717, 1.165) is 31.7 Å². The number of benzene rings is 1. The number of piperidine rings is 1. The Morgan fingerprint density at radius 2 is 1.55 bits per heavy atom. The molecule has 4 heteroatoms. The molecule has 0 spiro atoms. The van der Waals surface area contributed by atoms with Crippen LogP contribution in [0.15, 0.2) is 24.3 Å². The van der Waals surface area contributed by atoms with Gasteiger partial charge in [0.05, 0.1) is 0 Å². The largest absolute Gasteiger partial charge is 0.372 e. The third-order valence-corrected chi connectivity index (χ3v) is 4.76. The highest BCUT2D eigenvalue weighted by Crippen LogP contribution is 2.20. The van der Waals surface area contributed by atoms with Crippen LogP contribution in [0.4, 0.5) is 5.69 Å². The van der Waals surface area contributed by atoms with Crippen LogP contribution >= 0.6 is 0 Å². The van der Waals surface area contributed by atoms with Crippen molar-refractivity contribution in [3.63, 3.8) is 0 Å². The van der Waals surface area contributed by atoms with Crippen LogP contribution in [0.1, 0.15) is 42.5 Å². The van der Waals surface area contributed by atoms with Crippen molar-refractivity contribution in [1.29, 1.82) is 0 Å². The minimum atomic E-state index is 0.0463. The molecule has 1 amide bonds. The zero-order chi connectivity index (χ0) is 15.2. The lowest BCUT2D eigenvalue weighted by atomic mass is 10.1. The number of anilines is 1. The molecule has 0 saturated carbocycles. The summed E-state index contributed by atoms with van der Waals surface area (Å²) in [4.78, 5) is 17.0. The molecule has 2 aliphatic rings. The Morgan fingerprint density at radius 1 is 0.909 bits per heavy atom. The SMILES string of the molecule is O=C(NCCN1CCCCC1)c1ccc(N2CCCC2)cc1. The second-order valence-corrected chi connectivity index (χ2v) is 6.40. The molecule has 2 aliphatic heterocycles. The van der Waals surface area contributed by atoms with E-state index in [0.29, 0.717) is 0 Å². The minimum Gasteiger partial charge on any atom is -0.372 e. The fourth-order valence-electron chi connectivity index (χ4n) is 3.41. The molecule has 3 rings (SSSR count). The first-order chi connectivity index (χ1) is 10.8. The average Bonchev–Trinajstić information content (AvgIpc) is 3.10. The topological polar surface area (TPSA) is 35.6 Å². The average molecular weight is 301 g/mol. The molecule has 0 aromatic heterocycles. The maximum absolute atomic E-state index is 12.2. The van der Waals surface area contributed by atoms with Crippen molar-refractivity contribution < 1.29 is 4.79 Å². The molecule has 0 radical (unpaired) electrons. The van der Waals surface area contributed by atoms with Crippen molar-refractivity contribution in [2.45, 2.75) is 32.1 Å². The number of nitrogens with one attached hydrogen (secondary N) is 1. The van der Waals surface area contributed by atoms with Gasteiger partial charge in [-0.15, -0.1) is 0 Å². The molecule has 22 heavy (non-hydrogen) atoms. The number of rotatable bonds is 5. The molecule has 0 atom stereocenters. The molecule has 0 aliphatic carbocycles. The lowest BCUT2D eigenvalue weighted by Gasteiger charge is -2.26. The molecule has 0 unspecified atom stereocenters. The summed E-state index contributed by atoms with van der Waals surface area (Å²) in [6, 6.07) is 8.05. The number of likely N-dealkylation sites (tertiary alicyclic amines) is 1. The van der Waals surface area contributed by atoms with Gasteiger partial charge in [-0.05, 0) is 63.0 Å². The van der Waals surface area contributed by atoms with Gasteiger partial charge in [0.2, 0.25) is 0 Å².